The van der Waals surface area contributed by atoms with Crippen LogP contribution >= 0.6 is 11.6 Å². The molecule has 1 aromatic heterocycles. The number of hydrogen-bond donors (Lipinski definition) is 0. The molecular weight excluding hydrogens is 556 g/mol. The number of carbonyl (C=O) groups is 1. The van der Waals surface area contributed by atoms with Crippen LogP contribution in [0.3, 0.4) is 0 Å². The molecule has 1 amide bonds. The molecule has 4 rings (SSSR count). The average Bonchev–Trinajstić information content (AvgIpc) is 3.62. The number of rotatable bonds is 13. The molecule has 0 bridgehead atoms. The van der Waals surface area contributed by atoms with Crippen molar-refractivity contribution in [3.8, 4) is 11.5 Å². The van der Waals surface area contributed by atoms with E-state index in [1.807, 2.05) is 37.3 Å². The molecule has 1 aliphatic rings. The van der Waals surface area contributed by atoms with E-state index >= 15 is 0 Å². The summed E-state index contributed by atoms with van der Waals surface area (Å²) in [7, 11) is -0.850. The van der Waals surface area contributed by atoms with Gasteiger partial charge in [-0.05, 0) is 80.3 Å². The molecule has 0 unspecified atom stereocenters. The van der Waals surface area contributed by atoms with Crippen LogP contribution in [-0.2, 0) is 32.5 Å². The fraction of sp³-hybridized carbons (Fsp3) is 0.414. The number of aryl methyl sites for hydroxylation is 1. The third kappa shape index (κ3) is 7.57. The minimum atomic E-state index is -3.99. The number of sulfonamides is 1. The van der Waals surface area contributed by atoms with Gasteiger partial charge in [0.05, 0.1) is 38.3 Å². The number of methoxy groups -OCH3 is 2. The number of furan rings is 1. The van der Waals surface area contributed by atoms with Gasteiger partial charge in [-0.25, -0.2) is 8.42 Å². The van der Waals surface area contributed by atoms with Gasteiger partial charge in [-0.1, -0.05) is 17.7 Å². The molecule has 9 nitrogen and oxygen atoms in total. The van der Waals surface area contributed by atoms with Crippen molar-refractivity contribution >= 4 is 27.5 Å². The van der Waals surface area contributed by atoms with Crippen LogP contribution in [0.4, 0.5) is 0 Å². The van der Waals surface area contributed by atoms with E-state index in [4.69, 9.17) is 30.2 Å². The molecule has 0 aliphatic carbocycles. The van der Waals surface area contributed by atoms with Crippen LogP contribution in [0.5, 0.6) is 11.5 Å². The molecule has 0 saturated carbocycles. The van der Waals surface area contributed by atoms with Crippen molar-refractivity contribution < 1.29 is 31.8 Å². The Morgan fingerprint density at radius 1 is 1.05 bits per heavy atom. The second-order valence-corrected chi connectivity index (χ2v) is 12.0. The van der Waals surface area contributed by atoms with Gasteiger partial charge in [0, 0.05) is 24.7 Å². The molecule has 11 heteroatoms. The molecule has 0 radical (unpaired) electrons. The van der Waals surface area contributed by atoms with Gasteiger partial charge in [0.25, 0.3) is 0 Å². The first kappa shape index (κ1) is 29.9. The molecule has 0 N–H and O–H groups in total. The SMILES string of the molecule is COc1ccc(CCN(Cc2ccc(C)o2)C(=O)CN(C[C@@H]2CCCO2)S(=O)(=O)c2ccc(Cl)cc2)cc1OC. The number of carbonyl (C=O) groups excluding carboxylic acids is 1. The quantitative estimate of drug-likeness (QED) is 0.284. The van der Waals surface area contributed by atoms with E-state index in [-0.39, 0.29) is 36.5 Å². The van der Waals surface area contributed by atoms with Crippen molar-refractivity contribution in [3.63, 3.8) is 0 Å². The first-order valence-electron chi connectivity index (χ1n) is 13.1. The smallest absolute Gasteiger partial charge is 0.243 e. The second kappa shape index (κ2) is 13.5. The zero-order chi connectivity index (χ0) is 28.7. The van der Waals surface area contributed by atoms with E-state index in [0.717, 1.165) is 24.2 Å². The molecule has 40 heavy (non-hydrogen) atoms. The first-order chi connectivity index (χ1) is 19.2. The number of nitrogens with zero attached hydrogens (tertiary/aromatic N) is 2. The second-order valence-electron chi connectivity index (χ2n) is 9.65. The topological polar surface area (TPSA) is 98.5 Å². The van der Waals surface area contributed by atoms with Crippen LogP contribution in [0.15, 0.2) is 63.9 Å². The Hall–Kier alpha value is -3.05. The van der Waals surface area contributed by atoms with Crippen LogP contribution in [0.25, 0.3) is 0 Å². The minimum Gasteiger partial charge on any atom is -0.493 e. The normalized spacial score (nSPS) is 15.4. The molecule has 3 aromatic rings. The zero-order valence-corrected chi connectivity index (χ0v) is 24.5. The predicted octanol–water partition coefficient (Wildman–Crippen LogP) is 4.70. The lowest BCUT2D eigenvalue weighted by atomic mass is 10.1. The molecule has 2 aromatic carbocycles. The van der Waals surface area contributed by atoms with Gasteiger partial charge in [-0.15, -0.1) is 0 Å². The van der Waals surface area contributed by atoms with E-state index in [0.29, 0.717) is 41.9 Å². The number of ether oxygens (including phenoxy) is 3. The summed E-state index contributed by atoms with van der Waals surface area (Å²) in [6.07, 6.45) is 1.82. The Morgan fingerprint density at radius 2 is 1.80 bits per heavy atom. The number of amides is 1. The fourth-order valence-electron chi connectivity index (χ4n) is 4.62. The van der Waals surface area contributed by atoms with Gasteiger partial charge in [-0.2, -0.15) is 4.31 Å². The van der Waals surface area contributed by atoms with Crippen LogP contribution in [0.1, 0.15) is 29.9 Å². The van der Waals surface area contributed by atoms with Crippen LogP contribution in [-0.4, -0.2) is 70.1 Å². The van der Waals surface area contributed by atoms with E-state index in [1.165, 1.54) is 28.6 Å². The summed E-state index contributed by atoms with van der Waals surface area (Å²) < 4.78 is 50.8. The minimum absolute atomic E-state index is 0.0706. The van der Waals surface area contributed by atoms with Crippen molar-refractivity contribution in [2.24, 2.45) is 0 Å². The highest BCUT2D eigenvalue weighted by atomic mass is 35.5. The van der Waals surface area contributed by atoms with Crippen molar-refractivity contribution in [2.75, 3.05) is 40.5 Å². The van der Waals surface area contributed by atoms with Crippen LogP contribution in [0.2, 0.25) is 5.02 Å². The van der Waals surface area contributed by atoms with E-state index in [1.54, 1.807) is 19.1 Å². The third-order valence-corrected chi connectivity index (χ3v) is 8.89. The van der Waals surface area contributed by atoms with Gasteiger partial charge in [-0.3, -0.25) is 4.79 Å². The van der Waals surface area contributed by atoms with Gasteiger partial charge in [0.2, 0.25) is 15.9 Å². The van der Waals surface area contributed by atoms with Gasteiger partial charge in [0.1, 0.15) is 11.5 Å². The summed E-state index contributed by atoms with van der Waals surface area (Å²) >= 11 is 5.99. The van der Waals surface area contributed by atoms with Crippen molar-refractivity contribution in [2.45, 2.75) is 43.7 Å². The summed E-state index contributed by atoms with van der Waals surface area (Å²) in [5.41, 5.74) is 0.941. The standard InChI is InChI=1S/C29H35ClN2O7S/c1-21-6-10-25(39-21)18-31(15-14-22-7-13-27(36-2)28(17-22)37-3)29(33)20-32(19-24-5-4-16-38-24)40(34,35)26-11-8-23(30)9-12-26/h6-13,17,24H,4-5,14-16,18-20H2,1-3H3/t24-/m0/s1. The van der Waals surface area contributed by atoms with Crippen LogP contribution in [0, 0.1) is 6.92 Å². The van der Waals surface area contributed by atoms with Gasteiger partial charge < -0.3 is 23.5 Å². The maximum absolute atomic E-state index is 13.8. The lowest BCUT2D eigenvalue weighted by Crippen LogP contribution is -2.45. The highest BCUT2D eigenvalue weighted by Gasteiger charge is 2.32. The van der Waals surface area contributed by atoms with Crippen molar-refractivity contribution in [3.05, 3.63) is 76.7 Å². The van der Waals surface area contributed by atoms with Crippen molar-refractivity contribution in [1.29, 1.82) is 0 Å². The fourth-order valence-corrected chi connectivity index (χ4v) is 6.17. The van der Waals surface area contributed by atoms with E-state index in [2.05, 4.69) is 0 Å². The molecule has 1 fully saturated rings. The zero-order valence-electron chi connectivity index (χ0n) is 23.0. The van der Waals surface area contributed by atoms with Gasteiger partial charge in [0.15, 0.2) is 11.5 Å². The molecule has 216 valence electrons. The van der Waals surface area contributed by atoms with E-state index in [9.17, 15) is 13.2 Å². The Labute approximate surface area is 240 Å². The van der Waals surface area contributed by atoms with Gasteiger partial charge >= 0.3 is 0 Å². The number of hydrogen-bond acceptors (Lipinski definition) is 7. The van der Waals surface area contributed by atoms with Crippen LogP contribution < -0.4 is 9.47 Å². The summed E-state index contributed by atoms with van der Waals surface area (Å²) in [6, 6.07) is 15.2. The Kier molecular flexibility index (Phi) is 10.1. The van der Waals surface area contributed by atoms with E-state index < -0.39 is 10.0 Å². The highest BCUT2D eigenvalue weighted by molar-refractivity contribution is 7.89. The maximum Gasteiger partial charge on any atom is 0.243 e. The lowest BCUT2D eigenvalue weighted by Gasteiger charge is -2.28. The summed E-state index contributed by atoms with van der Waals surface area (Å²) in [5, 5.41) is 0.427. The molecule has 1 aliphatic heterocycles. The number of halogens is 1. The summed E-state index contributed by atoms with van der Waals surface area (Å²) in [6.45, 7) is 2.69. The highest BCUT2D eigenvalue weighted by Crippen LogP contribution is 2.28. The molecule has 0 spiro atoms. The summed E-state index contributed by atoms with van der Waals surface area (Å²) in [5.74, 6) is 2.21. The Bertz CT molecular complexity index is 1390. The predicted molar refractivity (Wildman–Crippen MR) is 151 cm³/mol. The lowest BCUT2D eigenvalue weighted by molar-refractivity contribution is -0.132. The molecule has 1 saturated heterocycles. The molecular formula is C29H35ClN2O7S. The Morgan fingerprint density at radius 3 is 2.42 bits per heavy atom. The third-order valence-electron chi connectivity index (χ3n) is 6.81. The largest absolute Gasteiger partial charge is 0.493 e. The monoisotopic (exact) mass is 590 g/mol. The average molecular weight is 591 g/mol. The summed E-state index contributed by atoms with van der Waals surface area (Å²) in [4.78, 5) is 15.5. The molecule has 1 atom stereocenters. The first-order valence-corrected chi connectivity index (χ1v) is 14.9. The Balaban J connectivity index is 1.57. The molecule has 2 heterocycles. The number of benzene rings is 2. The van der Waals surface area contributed by atoms with Crippen molar-refractivity contribution in [1.82, 2.24) is 9.21 Å². The maximum atomic E-state index is 13.8.